The summed E-state index contributed by atoms with van der Waals surface area (Å²) < 4.78 is 21.4. The highest BCUT2D eigenvalue weighted by molar-refractivity contribution is 7.75. The first kappa shape index (κ1) is 18.9. The van der Waals surface area contributed by atoms with E-state index in [0.29, 0.717) is 29.2 Å². The summed E-state index contributed by atoms with van der Waals surface area (Å²) in [6.45, 7) is 1.92. The SMILES string of the molecule is COc1ccc(C(=O)OC2=C(C)CC(Oc3ccc(OS)cc3)C=C2)cc1. The lowest BCUT2D eigenvalue weighted by Gasteiger charge is -2.21. The molecule has 0 aliphatic heterocycles. The summed E-state index contributed by atoms with van der Waals surface area (Å²) in [5.74, 6) is 2.21. The molecule has 3 rings (SSSR count). The zero-order valence-electron chi connectivity index (χ0n) is 15.0. The Balaban J connectivity index is 1.60. The molecule has 0 spiro atoms. The molecule has 0 amide bonds. The molecule has 0 fully saturated rings. The van der Waals surface area contributed by atoms with Crippen molar-refractivity contribution in [1.82, 2.24) is 0 Å². The zero-order chi connectivity index (χ0) is 19.2. The van der Waals surface area contributed by atoms with Crippen LogP contribution in [0.15, 0.2) is 72.0 Å². The zero-order valence-corrected chi connectivity index (χ0v) is 15.9. The number of hydrogen-bond acceptors (Lipinski definition) is 6. The highest BCUT2D eigenvalue weighted by Crippen LogP contribution is 2.26. The van der Waals surface area contributed by atoms with Gasteiger partial charge in [0.2, 0.25) is 0 Å². The summed E-state index contributed by atoms with van der Waals surface area (Å²) in [5.41, 5.74) is 1.41. The number of ether oxygens (including phenoxy) is 3. The van der Waals surface area contributed by atoms with Crippen molar-refractivity contribution in [2.45, 2.75) is 19.4 Å². The number of carbonyl (C=O) groups excluding carboxylic acids is 1. The summed E-state index contributed by atoms with van der Waals surface area (Å²) >= 11 is 3.75. The van der Waals surface area contributed by atoms with E-state index in [1.807, 2.05) is 25.1 Å². The molecule has 5 nitrogen and oxygen atoms in total. The van der Waals surface area contributed by atoms with Gasteiger partial charge in [0.1, 0.15) is 29.1 Å². The molecular formula is C21H20O5S. The van der Waals surface area contributed by atoms with E-state index in [-0.39, 0.29) is 6.10 Å². The van der Waals surface area contributed by atoms with Gasteiger partial charge in [-0.15, -0.1) is 0 Å². The molecular weight excluding hydrogens is 364 g/mol. The van der Waals surface area contributed by atoms with Gasteiger partial charge < -0.3 is 18.4 Å². The Kier molecular flexibility index (Phi) is 6.08. The van der Waals surface area contributed by atoms with Crippen molar-refractivity contribution in [3.8, 4) is 17.2 Å². The van der Waals surface area contributed by atoms with Gasteiger partial charge in [0.05, 0.1) is 12.7 Å². The van der Waals surface area contributed by atoms with E-state index >= 15 is 0 Å². The van der Waals surface area contributed by atoms with Gasteiger partial charge in [-0.05, 0) is 73.2 Å². The van der Waals surface area contributed by atoms with Crippen LogP contribution < -0.4 is 13.7 Å². The Labute approximate surface area is 163 Å². The molecule has 1 aliphatic carbocycles. The van der Waals surface area contributed by atoms with Gasteiger partial charge in [0.25, 0.3) is 0 Å². The predicted molar refractivity (Wildman–Crippen MR) is 105 cm³/mol. The third-order valence-electron chi connectivity index (χ3n) is 4.14. The second-order valence-corrected chi connectivity index (χ2v) is 6.23. The van der Waals surface area contributed by atoms with Crippen LogP contribution in [0.3, 0.4) is 0 Å². The lowest BCUT2D eigenvalue weighted by molar-refractivity contribution is 0.0629. The number of allylic oxidation sites excluding steroid dienone is 1. The summed E-state index contributed by atoms with van der Waals surface area (Å²) in [5, 5.41) is 0. The lowest BCUT2D eigenvalue weighted by atomic mass is 10.0. The van der Waals surface area contributed by atoms with Crippen molar-refractivity contribution < 1.29 is 23.2 Å². The molecule has 1 atom stereocenters. The molecule has 6 heteroatoms. The molecule has 0 saturated heterocycles. The Bertz CT molecular complexity index is 853. The highest BCUT2D eigenvalue weighted by atomic mass is 32.1. The maximum Gasteiger partial charge on any atom is 0.343 e. The largest absolute Gasteiger partial charge is 0.497 e. The van der Waals surface area contributed by atoms with Gasteiger partial charge in [-0.25, -0.2) is 4.79 Å². The maximum absolute atomic E-state index is 12.3. The first-order valence-electron chi connectivity index (χ1n) is 8.41. The van der Waals surface area contributed by atoms with E-state index in [0.717, 1.165) is 11.3 Å². The number of rotatable bonds is 6. The monoisotopic (exact) mass is 384 g/mol. The van der Waals surface area contributed by atoms with Crippen molar-refractivity contribution in [3.63, 3.8) is 0 Å². The predicted octanol–water partition coefficient (Wildman–Crippen LogP) is 4.76. The fraction of sp³-hybridized carbons (Fsp3) is 0.190. The Morgan fingerprint density at radius 3 is 2.22 bits per heavy atom. The Morgan fingerprint density at radius 2 is 1.63 bits per heavy atom. The van der Waals surface area contributed by atoms with Gasteiger partial charge in [0.15, 0.2) is 0 Å². The van der Waals surface area contributed by atoms with Gasteiger partial charge in [0, 0.05) is 19.3 Å². The number of carbonyl (C=O) groups is 1. The molecule has 1 unspecified atom stereocenters. The maximum atomic E-state index is 12.3. The summed E-state index contributed by atoms with van der Waals surface area (Å²) in [6, 6.07) is 14.0. The smallest absolute Gasteiger partial charge is 0.343 e. The first-order chi connectivity index (χ1) is 13.1. The fourth-order valence-corrected chi connectivity index (χ4v) is 2.77. The van der Waals surface area contributed by atoms with Gasteiger partial charge in [-0.1, -0.05) is 0 Å². The molecule has 1 aliphatic rings. The number of thiol groups is 1. The van der Waals surface area contributed by atoms with E-state index < -0.39 is 5.97 Å². The van der Waals surface area contributed by atoms with Crippen molar-refractivity contribution in [1.29, 1.82) is 0 Å². The van der Waals surface area contributed by atoms with Crippen LogP contribution in [0.4, 0.5) is 0 Å². The molecule has 2 aromatic carbocycles. The number of hydrogen-bond donors (Lipinski definition) is 1. The summed E-state index contributed by atoms with van der Waals surface area (Å²) in [4.78, 5) is 12.3. The summed E-state index contributed by atoms with van der Waals surface area (Å²) in [7, 11) is 1.58. The molecule has 140 valence electrons. The average molecular weight is 384 g/mol. The minimum Gasteiger partial charge on any atom is -0.497 e. The van der Waals surface area contributed by atoms with Gasteiger partial charge in [-0.3, -0.25) is 0 Å². The molecule has 0 N–H and O–H groups in total. The Hall–Kier alpha value is -2.86. The quantitative estimate of drug-likeness (QED) is 0.442. The van der Waals surface area contributed by atoms with Crippen LogP contribution in [0.2, 0.25) is 0 Å². The second kappa shape index (κ2) is 8.68. The van der Waals surface area contributed by atoms with Crippen LogP contribution in [0.5, 0.6) is 17.2 Å². The van der Waals surface area contributed by atoms with Crippen molar-refractivity contribution >= 4 is 18.9 Å². The van der Waals surface area contributed by atoms with E-state index in [1.165, 1.54) is 0 Å². The van der Waals surface area contributed by atoms with Crippen molar-refractivity contribution in [3.05, 3.63) is 77.6 Å². The molecule has 0 saturated carbocycles. The molecule has 27 heavy (non-hydrogen) atoms. The van der Waals surface area contributed by atoms with Gasteiger partial charge in [-0.2, -0.15) is 0 Å². The molecule has 0 aromatic heterocycles. The van der Waals surface area contributed by atoms with Crippen LogP contribution in [0, 0.1) is 0 Å². The Morgan fingerprint density at radius 1 is 1.00 bits per heavy atom. The van der Waals surface area contributed by atoms with Crippen molar-refractivity contribution in [2.24, 2.45) is 0 Å². The average Bonchev–Trinajstić information content (AvgIpc) is 2.70. The molecule has 0 radical (unpaired) electrons. The number of esters is 1. The lowest BCUT2D eigenvalue weighted by Crippen LogP contribution is -2.18. The minimum absolute atomic E-state index is 0.129. The van der Waals surface area contributed by atoms with E-state index in [4.69, 9.17) is 18.4 Å². The molecule has 0 bridgehead atoms. The van der Waals surface area contributed by atoms with Crippen molar-refractivity contribution in [2.75, 3.05) is 7.11 Å². The summed E-state index contributed by atoms with van der Waals surface area (Å²) in [6.07, 6.45) is 4.16. The first-order valence-corrected chi connectivity index (χ1v) is 8.78. The topological polar surface area (TPSA) is 54.0 Å². The second-order valence-electron chi connectivity index (χ2n) is 6.04. The van der Waals surface area contributed by atoms with E-state index in [2.05, 4.69) is 12.9 Å². The van der Waals surface area contributed by atoms with Crippen LogP contribution in [-0.2, 0) is 4.74 Å². The van der Waals surface area contributed by atoms with Crippen LogP contribution >= 0.6 is 12.9 Å². The van der Waals surface area contributed by atoms with Gasteiger partial charge >= 0.3 is 5.97 Å². The van der Waals surface area contributed by atoms with E-state index in [9.17, 15) is 4.79 Å². The molecule has 0 heterocycles. The minimum atomic E-state index is -0.404. The van der Waals surface area contributed by atoms with Crippen LogP contribution in [0.1, 0.15) is 23.7 Å². The van der Waals surface area contributed by atoms with Crippen LogP contribution in [0.25, 0.3) is 0 Å². The normalized spacial score (nSPS) is 16.0. The fourth-order valence-electron chi connectivity index (χ4n) is 2.65. The highest BCUT2D eigenvalue weighted by Gasteiger charge is 2.19. The third-order valence-corrected chi connectivity index (χ3v) is 4.35. The molecule has 2 aromatic rings. The number of benzene rings is 2. The standard InChI is InChI=1S/C21H20O5S/c1-14-13-19(24-17-7-9-18(26-27)10-8-17)11-12-20(14)25-21(22)15-3-5-16(23-2)6-4-15/h3-12,19,27H,13H2,1-2H3. The van der Waals surface area contributed by atoms with E-state index in [1.54, 1.807) is 49.6 Å². The third kappa shape index (κ3) is 4.86. The van der Waals surface area contributed by atoms with Crippen LogP contribution in [-0.4, -0.2) is 19.2 Å². The number of methoxy groups -OCH3 is 1.